The van der Waals surface area contributed by atoms with Gasteiger partial charge in [0.1, 0.15) is 17.4 Å². The van der Waals surface area contributed by atoms with Crippen LogP contribution in [-0.2, 0) is 4.79 Å². The van der Waals surface area contributed by atoms with E-state index in [1.165, 1.54) is 17.1 Å². The van der Waals surface area contributed by atoms with Gasteiger partial charge < -0.3 is 10.8 Å². The molecular weight excluding hydrogens is 478 g/mol. The minimum atomic E-state index is -4.89. The number of carbonyl (C=O) groups is 1. The number of nitrogens with one attached hydrogen (secondary N) is 2. The van der Waals surface area contributed by atoms with E-state index in [2.05, 4.69) is 10.4 Å². The van der Waals surface area contributed by atoms with Crippen molar-refractivity contribution >= 4 is 46.2 Å². The first-order valence-electron chi connectivity index (χ1n) is 9.58. The second-order valence-electron chi connectivity index (χ2n) is 7.31. The fourth-order valence-electron chi connectivity index (χ4n) is 3.01. The number of alkyl halides is 3. The quantitative estimate of drug-likeness (QED) is 0.271. The highest BCUT2D eigenvalue weighted by Gasteiger charge is 2.33. The Labute approximate surface area is 196 Å². The number of fused-ring (bicyclic) bond motifs is 1. The molecule has 1 amide bonds. The predicted octanol–water partition coefficient (Wildman–Crippen LogP) is 5.00. The van der Waals surface area contributed by atoms with Crippen LogP contribution in [0.25, 0.3) is 5.76 Å². The summed E-state index contributed by atoms with van der Waals surface area (Å²) in [6.07, 6.45) is -3.92. The summed E-state index contributed by atoms with van der Waals surface area (Å²) in [6, 6.07) is 7.12. The SMILES string of the molecule is Cc1cc2c(cc1C)N(c1ccc(Cl)cc1F)NC(C(=O)N=C(N)/C=C\C(=N)C(F)(F)F)=C2O. The Kier molecular flexibility index (Phi) is 6.69. The number of hydrogen-bond donors (Lipinski definition) is 4. The third-order valence-corrected chi connectivity index (χ3v) is 5.12. The van der Waals surface area contributed by atoms with Gasteiger partial charge in [0.2, 0.25) is 0 Å². The molecule has 0 radical (unpaired) electrons. The lowest BCUT2D eigenvalue weighted by Crippen LogP contribution is -2.40. The molecule has 34 heavy (non-hydrogen) atoms. The summed E-state index contributed by atoms with van der Waals surface area (Å²) in [5.41, 5.74) is 7.99. The van der Waals surface area contributed by atoms with Crippen molar-refractivity contribution in [3.05, 3.63) is 75.7 Å². The minimum absolute atomic E-state index is 0.0258. The maximum Gasteiger partial charge on any atom is 0.432 e. The van der Waals surface area contributed by atoms with Crippen LogP contribution in [-0.4, -0.2) is 28.7 Å². The summed E-state index contributed by atoms with van der Waals surface area (Å²) in [5, 5.41) is 19.0. The Hall–Kier alpha value is -3.86. The maximum absolute atomic E-state index is 14.7. The summed E-state index contributed by atoms with van der Waals surface area (Å²) in [7, 11) is 0. The minimum Gasteiger partial charge on any atom is -0.505 e. The highest BCUT2D eigenvalue weighted by atomic mass is 35.5. The van der Waals surface area contributed by atoms with Crippen LogP contribution in [0.4, 0.5) is 28.9 Å². The molecule has 1 heterocycles. The van der Waals surface area contributed by atoms with E-state index in [0.29, 0.717) is 17.8 Å². The van der Waals surface area contributed by atoms with Crippen molar-refractivity contribution in [2.45, 2.75) is 20.0 Å². The topological polar surface area (TPSA) is 115 Å². The van der Waals surface area contributed by atoms with Gasteiger partial charge in [-0.1, -0.05) is 11.6 Å². The van der Waals surface area contributed by atoms with E-state index in [4.69, 9.17) is 22.7 Å². The van der Waals surface area contributed by atoms with Crippen LogP contribution in [0.3, 0.4) is 0 Å². The largest absolute Gasteiger partial charge is 0.505 e. The van der Waals surface area contributed by atoms with Crippen molar-refractivity contribution in [1.82, 2.24) is 5.43 Å². The van der Waals surface area contributed by atoms with Crippen molar-refractivity contribution in [2.75, 3.05) is 5.01 Å². The molecule has 1 aliphatic rings. The number of hydrazine groups is 1. The molecule has 0 fully saturated rings. The van der Waals surface area contributed by atoms with Crippen molar-refractivity contribution in [3.63, 3.8) is 0 Å². The fourth-order valence-corrected chi connectivity index (χ4v) is 3.17. The molecule has 0 aliphatic carbocycles. The lowest BCUT2D eigenvalue weighted by Gasteiger charge is -2.33. The third-order valence-electron chi connectivity index (χ3n) is 4.89. The molecule has 0 saturated heterocycles. The number of allylic oxidation sites excluding steroid dienone is 1. The highest BCUT2D eigenvalue weighted by Crippen LogP contribution is 2.39. The molecule has 5 N–H and O–H groups in total. The number of aliphatic hydroxyl groups is 1. The average Bonchev–Trinajstić information content (AvgIpc) is 2.73. The molecule has 2 aromatic carbocycles. The number of aliphatic hydroxyl groups excluding tert-OH is 1. The van der Waals surface area contributed by atoms with Gasteiger partial charge in [-0.3, -0.25) is 20.6 Å². The number of carbonyl (C=O) groups excluding carboxylic acids is 1. The van der Waals surface area contributed by atoms with E-state index in [1.807, 2.05) is 6.92 Å². The smallest absolute Gasteiger partial charge is 0.432 e. The van der Waals surface area contributed by atoms with Crippen LogP contribution >= 0.6 is 11.6 Å². The number of aliphatic imine (C=N–C) groups is 1. The first-order valence-corrected chi connectivity index (χ1v) is 9.96. The average molecular weight is 496 g/mol. The Morgan fingerprint density at radius 2 is 1.82 bits per heavy atom. The molecular formula is C22H18ClF4N5O2. The van der Waals surface area contributed by atoms with E-state index in [9.17, 15) is 27.5 Å². The lowest BCUT2D eigenvalue weighted by molar-refractivity contribution is -0.114. The van der Waals surface area contributed by atoms with Crippen LogP contribution in [0, 0.1) is 25.1 Å². The van der Waals surface area contributed by atoms with Gasteiger partial charge in [-0.2, -0.15) is 18.2 Å². The second kappa shape index (κ2) is 9.18. The van der Waals surface area contributed by atoms with Crippen molar-refractivity contribution < 1.29 is 27.5 Å². The van der Waals surface area contributed by atoms with Crippen molar-refractivity contribution in [2.24, 2.45) is 10.7 Å². The number of anilines is 2. The molecule has 1 aliphatic heterocycles. The first kappa shape index (κ1) is 24.8. The van der Waals surface area contributed by atoms with Crippen LogP contribution in [0.1, 0.15) is 16.7 Å². The molecule has 0 spiro atoms. The number of aryl methyl sites for hydroxylation is 2. The van der Waals surface area contributed by atoms with Gasteiger partial charge in [0.05, 0.1) is 11.4 Å². The second-order valence-corrected chi connectivity index (χ2v) is 7.74. The maximum atomic E-state index is 14.7. The van der Waals surface area contributed by atoms with Crippen LogP contribution in [0.5, 0.6) is 0 Å². The number of nitrogens with zero attached hydrogens (tertiary/aromatic N) is 2. The number of benzene rings is 2. The van der Waals surface area contributed by atoms with E-state index >= 15 is 0 Å². The zero-order chi connectivity index (χ0) is 25.4. The standard InChI is InChI=1S/C22H18ClF4N5O2/c1-10-7-13-16(8-11(10)2)32(15-4-3-12(23)9-14(15)24)31-19(20(13)33)21(34)30-18(29)6-5-17(28)22(25,26)27/h3-9,28,31,33H,1-2H3,(H2,29,30,34)/b6-5-,28-17?. The van der Waals surface area contributed by atoms with E-state index in [1.54, 1.807) is 19.1 Å². The number of amidine groups is 1. The van der Waals surface area contributed by atoms with E-state index in [-0.39, 0.29) is 16.3 Å². The molecule has 0 saturated carbocycles. The van der Waals surface area contributed by atoms with Gasteiger partial charge >= 0.3 is 12.1 Å². The summed E-state index contributed by atoms with van der Waals surface area (Å²) in [6.45, 7) is 3.58. The lowest BCUT2D eigenvalue weighted by atomic mass is 9.99. The Bertz CT molecular complexity index is 1280. The Balaban J connectivity index is 2.06. The summed E-state index contributed by atoms with van der Waals surface area (Å²) < 4.78 is 52.1. The first-order chi connectivity index (χ1) is 15.8. The monoisotopic (exact) mass is 495 g/mol. The summed E-state index contributed by atoms with van der Waals surface area (Å²) >= 11 is 5.84. The number of hydrogen-bond acceptors (Lipinski definition) is 5. The molecule has 0 bridgehead atoms. The highest BCUT2D eigenvalue weighted by molar-refractivity contribution is 6.30. The molecule has 0 atom stereocenters. The molecule has 0 unspecified atom stereocenters. The number of nitrogens with two attached hydrogens (primary N) is 1. The zero-order valence-corrected chi connectivity index (χ0v) is 18.5. The summed E-state index contributed by atoms with van der Waals surface area (Å²) in [4.78, 5) is 16.2. The number of amides is 1. The van der Waals surface area contributed by atoms with Gasteiger partial charge in [0, 0.05) is 10.6 Å². The third kappa shape index (κ3) is 5.04. The van der Waals surface area contributed by atoms with Gasteiger partial charge in [-0.25, -0.2) is 4.39 Å². The fraction of sp³-hybridized carbons (Fsp3) is 0.136. The molecule has 178 valence electrons. The number of rotatable bonds is 4. The summed E-state index contributed by atoms with van der Waals surface area (Å²) in [5.74, 6) is -3.02. The van der Waals surface area contributed by atoms with Gasteiger partial charge in [0.25, 0.3) is 0 Å². The van der Waals surface area contributed by atoms with E-state index in [0.717, 1.165) is 17.2 Å². The van der Waals surface area contributed by atoms with Crippen molar-refractivity contribution in [3.8, 4) is 0 Å². The number of halogens is 5. The molecule has 0 aromatic heterocycles. The molecule has 2 aromatic rings. The molecule has 12 heteroatoms. The van der Waals surface area contributed by atoms with Crippen molar-refractivity contribution in [1.29, 1.82) is 5.41 Å². The van der Waals surface area contributed by atoms with E-state index < -0.39 is 40.9 Å². The van der Waals surface area contributed by atoms with Crippen LogP contribution in [0.15, 0.2) is 53.2 Å². The van der Waals surface area contributed by atoms with Gasteiger partial charge in [0.15, 0.2) is 11.5 Å². The molecule has 3 rings (SSSR count). The molecule has 7 nitrogen and oxygen atoms in total. The van der Waals surface area contributed by atoms with Crippen LogP contribution in [0.2, 0.25) is 5.02 Å². The Morgan fingerprint density at radius 1 is 1.18 bits per heavy atom. The normalized spacial score (nSPS) is 14.3. The van der Waals surface area contributed by atoms with Gasteiger partial charge in [-0.15, -0.1) is 0 Å². The van der Waals surface area contributed by atoms with Gasteiger partial charge in [-0.05, 0) is 67.5 Å². The Morgan fingerprint density at radius 3 is 2.44 bits per heavy atom. The van der Waals surface area contributed by atoms with Crippen LogP contribution < -0.4 is 16.2 Å². The zero-order valence-electron chi connectivity index (χ0n) is 17.8. The predicted molar refractivity (Wildman–Crippen MR) is 122 cm³/mol.